The highest BCUT2D eigenvalue weighted by molar-refractivity contribution is 7.99. The third-order valence-electron chi connectivity index (χ3n) is 4.14. The summed E-state index contributed by atoms with van der Waals surface area (Å²) < 4.78 is 0. The van der Waals surface area contributed by atoms with E-state index in [2.05, 4.69) is 56.6 Å². The van der Waals surface area contributed by atoms with E-state index in [0.717, 1.165) is 30.5 Å². The summed E-state index contributed by atoms with van der Waals surface area (Å²) in [6.45, 7) is 2.06. The zero-order chi connectivity index (χ0) is 14.8. The molecule has 0 bridgehead atoms. The first-order valence-corrected chi connectivity index (χ1v) is 8.93. The number of nitrogens with zero attached hydrogens (tertiary/aromatic N) is 3. The maximum absolute atomic E-state index is 4.48. The molecule has 2 heterocycles. The smallest absolute Gasteiger partial charge is 0.134 e. The van der Waals surface area contributed by atoms with Crippen LogP contribution in [0.4, 0.5) is 11.6 Å². The van der Waals surface area contributed by atoms with Gasteiger partial charge in [0.25, 0.3) is 0 Å². The highest BCUT2D eigenvalue weighted by Gasteiger charge is 2.24. The molecule has 5 heteroatoms. The van der Waals surface area contributed by atoms with E-state index in [0.29, 0.717) is 11.3 Å². The van der Waals surface area contributed by atoms with E-state index in [1.165, 1.54) is 18.4 Å². The lowest BCUT2D eigenvalue weighted by Crippen LogP contribution is -2.35. The van der Waals surface area contributed by atoms with Crippen molar-refractivity contribution in [2.24, 2.45) is 0 Å². The fourth-order valence-corrected chi connectivity index (χ4v) is 4.01. The SMILES string of the molecule is c1ccc(C2CN(c3cc(NC4CC4)ncn3)CCS2)cc1. The van der Waals surface area contributed by atoms with E-state index in [1.54, 1.807) is 6.33 Å². The van der Waals surface area contributed by atoms with Crippen LogP contribution in [0.1, 0.15) is 23.7 Å². The van der Waals surface area contributed by atoms with Crippen molar-refractivity contribution < 1.29 is 0 Å². The zero-order valence-electron chi connectivity index (χ0n) is 12.5. The van der Waals surface area contributed by atoms with Gasteiger partial charge in [-0.15, -0.1) is 0 Å². The molecule has 0 radical (unpaired) electrons. The van der Waals surface area contributed by atoms with E-state index < -0.39 is 0 Å². The zero-order valence-corrected chi connectivity index (χ0v) is 13.3. The van der Waals surface area contributed by atoms with E-state index in [4.69, 9.17) is 0 Å². The lowest BCUT2D eigenvalue weighted by Gasteiger charge is -2.33. The third-order valence-corrected chi connectivity index (χ3v) is 5.39. The number of aromatic nitrogens is 2. The molecule has 1 unspecified atom stereocenters. The number of anilines is 2. The van der Waals surface area contributed by atoms with Crippen LogP contribution in [0.3, 0.4) is 0 Å². The largest absolute Gasteiger partial charge is 0.367 e. The highest BCUT2D eigenvalue weighted by atomic mass is 32.2. The predicted octanol–water partition coefficient (Wildman–Crippen LogP) is 3.35. The van der Waals surface area contributed by atoms with Gasteiger partial charge in [-0.3, -0.25) is 0 Å². The molecule has 1 atom stereocenters. The Balaban J connectivity index is 1.49. The molecule has 114 valence electrons. The van der Waals surface area contributed by atoms with Gasteiger partial charge in [0.15, 0.2) is 0 Å². The second-order valence-corrected chi connectivity index (χ2v) is 7.21. The third kappa shape index (κ3) is 3.19. The molecule has 1 aromatic carbocycles. The van der Waals surface area contributed by atoms with Crippen LogP contribution in [0, 0.1) is 0 Å². The average molecular weight is 312 g/mol. The number of hydrogen-bond acceptors (Lipinski definition) is 5. The molecular weight excluding hydrogens is 292 g/mol. The van der Waals surface area contributed by atoms with Crippen LogP contribution in [-0.4, -0.2) is 34.9 Å². The van der Waals surface area contributed by atoms with Crippen molar-refractivity contribution in [3.8, 4) is 0 Å². The Kier molecular flexibility index (Phi) is 3.89. The topological polar surface area (TPSA) is 41.0 Å². The number of rotatable bonds is 4. The summed E-state index contributed by atoms with van der Waals surface area (Å²) in [5.74, 6) is 3.14. The van der Waals surface area contributed by atoms with Crippen LogP contribution in [0.25, 0.3) is 0 Å². The van der Waals surface area contributed by atoms with E-state index >= 15 is 0 Å². The van der Waals surface area contributed by atoms with Crippen LogP contribution in [0.5, 0.6) is 0 Å². The minimum absolute atomic E-state index is 0.518. The van der Waals surface area contributed by atoms with Crippen molar-refractivity contribution in [2.45, 2.75) is 24.1 Å². The summed E-state index contributed by atoms with van der Waals surface area (Å²) in [7, 11) is 0. The summed E-state index contributed by atoms with van der Waals surface area (Å²) in [5.41, 5.74) is 1.41. The van der Waals surface area contributed by atoms with E-state index in [-0.39, 0.29) is 0 Å². The van der Waals surface area contributed by atoms with Gasteiger partial charge in [-0.1, -0.05) is 30.3 Å². The molecule has 1 N–H and O–H groups in total. The van der Waals surface area contributed by atoms with Gasteiger partial charge in [-0.2, -0.15) is 11.8 Å². The van der Waals surface area contributed by atoms with Gasteiger partial charge in [0.2, 0.25) is 0 Å². The van der Waals surface area contributed by atoms with Crippen molar-refractivity contribution >= 4 is 23.4 Å². The van der Waals surface area contributed by atoms with Gasteiger partial charge >= 0.3 is 0 Å². The summed E-state index contributed by atoms with van der Waals surface area (Å²) in [5, 5.41) is 3.97. The first-order valence-electron chi connectivity index (χ1n) is 7.88. The maximum atomic E-state index is 4.48. The summed E-state index contributed by atoms with van der Waals surface area (Å²) in [6.07, 6.45) is 4.20. The number of thioether (sulfide) groups is 1. The van der Waals surface area contributed by atoms with Gasteiger partial charge in [0, 0.05) is 36.2 Å². The molecule has 1 saturated heterocycles. The van der Waals surface area contributed by atoms with Crippen molar-refractivity contribution in [2.75, 3.05) is 29.1 Å². The summed E-state index contributed by atoms with van der Waals surface area (Å²) in [4.78, 5) is 11.2. The molecule has 1 aliphatic heterocycles. The van der Waals surface area contributed by atoms with E-state index in [9.17, 15) is 0 Å². The maximum Gasteiger partial charge on any atom is 0.134 e. The minimum atomic E-state index is 0.518. The number of benzene rings is 1. The highest BCUT2D eigenvalue weighted by Crippen LogP contribution is 2.35. The summed E-state index contributed by atoms with van der Waals surface area (Å²) >= 11 is 2.04. The first kappa shape index (κ1) is 13.9. The Hall–Kier alpha value is -1.75. The average Bonchev–Trinajstić information content (AvgIpc) is 3.40. The molecule has 0 spiro atoms. The van der Waals surface area contributed by atoms with Crippen molar-refractivity contribution in [3.63, 3.8) is 0 Å². The van der Waals surface area contributed by atoms with Gasteiger partial charge in [0.05, 0.1) is 0 Å². The van der Waals surface area contributed by atoms with Gasteiger partial charge in [-0.05, 0) is 18.4 Å². The number of nitrogens with one attached hydrogen (secondary N) is 1. The fraction of sp³-hybridized carbons (Fsp3) is 0.412. The molecule has 1 aliphatic carbocycles. The van der Waals surface area contributed by atoms with E-state index in [1.807, 2.05) is 11.8 Å². The summed E-state index contributed by atoms with van der Waals surface area (Å²) in [6, 6.07) is 13.5. The van der Waals surface area contributed by atoms with Gasteiger partial charge in [0.1, 0.15) is 18.0 Å². The molecule has 0 amide bonds. The predicted molar refractivity (Wildman–Crippen MR) is 92.5 cm³/mol. The monoisotopic (exact) mass is 312 g/mol. The van der Waals surface area contributed by atoms with Gasteiger partial charge in [-0.25, -0.2) is 9.97 Å². The molecule has 1 aromatic heterocycles. The van der Waals surface area contributed by atoms with Crippen molar-refractivity contribution in [1.29, 1.82) is 0 Å². The standard InChI is InChI=1S/C17H20N4S/c1-2-4-13(5-3-1)15-11-21(8-9-22-15)17-10-16(18-12-19-17)20-14-6-7-14/h1-5,10,12,14-15H,6-9,11H2,(H,18,19,20). The Morgan fingerprint density at radius 2 is 2.00 bits per heavy atom. The molecule has 2 fully saturated rings. The van der Waals surface area contributed by atoms with Crippen LogP contribution >= 0.6 is 11.8 Å². The molecular formula is C17H20N4S. The van der Waals surface area contributed by atoms with Gasteiger partial charge < -0.3 is 10.2 Å². The van der Waals surface area contributed by atoms with Crippen molar-refractivity contribution in [1.82, 2.24) is 9.97 Å². The van der Waals surface area contributed by atoms with Crippen LogP contribution < -0.4 is 10.2 Å². The molecule has 22 heavy (non-hydrogen) atoms. The Morgan fingerprint density at radius 1 is 1.14 bits per heavy atom. The van der Waals surface area contributed by atoms with Crippen LogP contribution in [0.2, 0.25) is 0 Å². The minimum Gasteiger partial charge on any atom is -0.367 e. The number of hydrogen-bond donors (Lipinski definition) is 1. The molecule has 1 saturated carbocycles. The molecule has 4 rings (SSSR count). The molecule has 4 nitrogen and oxygen atoms in total. The van der Waals surface area contributed by atoms with Crippen molar-refractivity contribution in [3.05, 3.63) is 48.3 Å². The Labute approximate surface area is 135 Å². The Bertz CT molecular complexity index is 630. The van der Waals surface area contributed by atoms with Crippen LogP contribution in [0.15, 0.2) is 42.7 Å². The quantitative estimate of drug-likeness (QED) is 0.937. The fourth-order valence-electron chi connectivity index (χ4n) is 2.76. The lowest BCUT2D eigenvalue weighted by atomic mass is 10.1. The molecule has 2 aliphatic rings. The normalized spacial score (nSPS) is 21.6. The first-order chi connectivity index (χ1) is 10.9. The second-order valence-electron chi connectivity index (χ2n) is 5.90. The Morgan fingerprint density at radius 3 is 2.82 bits per heavy atom. The molecule has 2 aromatic rings. The lowest BCUT2D eigenvalue weighted by molar-refractivity contribution is 0.762. The second kappa shape index (κ2) is 6.16. The van der Waals surface area contributed by atoms with Crippen LogP contribution in [-0.2, 0) is 0 Å².